The van der Waals surface area contributed by atoms with Crippen molar-refractivity contribution < 1.29 is 32.0 Å². The highest BCUT2D eigenvalue weighted by atomic mass is 32.2. The fourth-order valence-electron chi connectivity index (χ4n) is 2.85. The summed E-state index contributed by atoms with van der Waals surface area (Å²) in [5.41, 5.74) is 0.295. The van der Waals surface area contributed by atoms with Gasteiger partial charge in [0.1, 0.15) is 19.0 Å². The third-order valence-corrected chi connectivity index (χ3v) is 6.27. The third kappa shape index (κ3) is 4.26. The van der Waals surface area contributed by atoms with Crippen LogP contribution in [-0.2, 0) is 21.3 Å². The summed E-state index contributed by atoms with van der Waals surface area (Å²) in [6, 6.07) is 3.96. The van der Waals surface area contributed by atoms with E-state index in [0.29, 0.717) is 30.9 Å². The molecule has 0 saturated carbocycles. The van der Waals surface area contributed by atoms with E-state index in [1.165, 1.54) is 36.5 Å². The van der Waals surface area contributed by atoms with Crippen LogP contribution >= 0.6 is 11.3 Å². The van der Waals surface area contributed by atoms with E-state index in [1.807, 2.05) is 6.92 Å². The average Bonchev–Trinajstić information content (AvgIpc) is 2.90. The molecule has 3 rings (SSSR count). The number of hydrogen-bond acceptors (Lipinski definition) is 7. The first-order valence-electron chi connectivity index (χ1n) is 8.34. The molecule has 1 aromatic heterocycles. The molecule has 1 aromatic carbocycles. The molecule has 0 aliphatic carbocycles. The smallest absolute Gasteiger partial charge is 0.314 e. The lowest BCUT2D eigenvalue weighted by Crippen LogP contribution is -2.20. The van der Waals surface area contributed by atoms with Gasteiger partial charge in [0.15, 0.2) is 11.5 Å². The van der Waals surface area contributed by atoms with Crippen molar-refractivity contribution in [2.45, 2.75) is 32.1 Å². The van der Waals surface area contributed by atoms with E-state index in [0.717, 1.165) is 15.5 Å². The summed E-state index contributed by atoms with van der Waals surface area (Å²) in [6.07, 6.45) is 0.450. The highest BCUT2D eigenvalue weighted by molar-refractivity contribution is 7.85. The second-order valence-corrected chi connectivity index (χ2v) is 9.06. The summed E-state index contributed by atoms with van der Waals surface area (Å²) < 4.78 is 48.3. The lowest BCUT2D eigenvalue weighted by molar-refractivity contribution is -0.138. The van der Waals surface area contributed by atoms with Gasteiger partial charge in [0.2, 0.25) is 0 Å². The van der Waals surface area contributed by atoms with Crippen LogP contribution in [-0.4, -0.2) is 32.2 Å². The van der Waals surface area contributed by atoms with E-state index in [4.69, 9.17) is 18.8 Å². The number of esters is 1. The van der Waals surface area contributed by atoms with Crippen molar-refractivity contribution >= 4 is 27.4 Å². The van der Waals surface area contributed by atoms with Gasteiger partial charge in [-0.2, -0.15) is 8.42 Å². The molecule has 0 saturated heterocycles. The van der Waals surface area contributed by atoms with Gasteiger partial charge >= 0.3 is 5.97 Å². The molecule has 27 heavy (non-hydrogen) atoms. The van der Waals surface area contributed by atoms with E-state index < -0.39 is 22.0 Å². The van der Waals surface area contributed by atoms with Crippen LogP contribution in [0.3, 0.4) is 0 Å². The van der Waals surface area contributed by atoms with Crippen molar-refractivity contribution in [1.29, 1.82) is 0 Å². The maximum atomic E-state index is 12.4. The number of rotatable bonds is 5. The first-order chi connectivity index (χ1) is 12.7. The second kappa shape index (κ2) is 7.49. The summed E-state index contributed by atoms with van der Waals surface area (Å²) in [5, 5.41) is 0. The summed E-state index contributed by atoms with van der Waals surface area (Å²) in [5.74, 6) is 0.806. The van der Waals surface area contributed by atoms with Crippen LogP contribution in [0.5, 0.6) is 17.2 Å². The Balaban J connectivity index is 1.71. The Hall–Kier alpha value is -2.10. The molecule has 0 bridgehead atoms. The van der Waals surface area contributed by atoms with Gasteiger partial charge in [0, 0.05) is 4.88 Å². The van der Waals surface area contributed by atoms with Gasteiger partial charge in [-0.15, -0.1) is 11.3 Å². The van der Waals surface area contributed by atoms with Gasteiger partial charge in [-0.05, 0) is 44.0 Å². The SMILES string of the molecule is Cc1cc(OC(=O)C(C)Cc2sc(C)c3c2OCCO3)ccc1S(=O)(=O)O. The van der Waals surface area contributed by atoms with Gasteiger partial charge in [0.05, 0.1) is 15.7 Å². The van der Waals surface area contributed by atoms with Crippen LogP contribution in [0.2, 0.25) is 0 Å². The van der Waals surface area contributed by atoms with Crippen molar-refractivity contribution in [2.24, 2.45) is 5.92 Å². The molecular formula is C18H20O7S2. The van der Waals surface area contributed by atoms with Crippen LogP contribution in [0.15, 0.2) is 23.1 Å². The van der Waals surface area contributed by atoms with Gasteiger partial charge < -0.3 is 14.2 Å². The first kappa shape index (κ1) is 19.7. The van der Waals surface area contributed by atoms with Gasteiger partial charge in [-0.1, -0.05) is 6.92 Å². The molecule has 2 aromatic rings. The Kier molecular flexibility index (Phi) is 5.45. The minimum absolute atomic E-state index is 0.215. The third-order valence-electron chi connectivity index (χ3n) is 4.17. The standard InChI is InChI=1S/C18H20O7S2/c1-10-8-13(4-5-15(10)27(20,21)22)25-18(19)11(2)9-14-17-16(12(3)26-14)23-6-7-24-17/h4-5,8,11H,6-7,9H2,1-3H3,(H,20,21,22). The summed E-state index contributed by atoms with van der Waals surface area (Å²) >= 11 is 1.54. The molecule has 0 spiro atoms. The van der Waals surface area contributed by atoms with E-state index in [2.05, 4.69) is 0 Å². The zero-order valence-electron chi connectivity index (χ0n) is 15.1. The summed E-state index contributed by atoms with van der Waals surface area (Å²) in [4.78, 5) is 14.2. The van der Waals surface area contributed by atoms with Crippen molar-refractivity contribution in [3.8, 4) is 17.2 Å². The van der Waals surface area contributed by atoms with Gasteiger partial charge in [-0.3, -0.25) is 9.35 Å². The minimum Gasteiger partial charge on any atom is -0.485 e. The predicted molar refractivity (Wildman–Crippen MR) is 99.5 cm³/mol. The molecule has 0 amide bonds. The molecule has 1 aliphatic heterocycles. The highest BCUT2D eigenvalue weighted by Gasteiger charge is 2.26. The number of carbonyl (C=O) groups is 1. The zero-order valence-corrected chi connectivity index (χ0v) is 16.8. The van der Waals surface area contributed by atoms with E-state index in [1.54, 1.807) is 6.92 Å². The molecule has 2 heterocycles. The monoisotopic (exact) mass is 412 g/mol. The summed E-state index contributed by atoms with van der Waals surface area (Å²) in [6.45, 7) is 6.22. The highest BCUT2D eigenvalue weighted by Crippen LogP contribution is 2.44. The maximum absolute atomic E-state index is 12.4. The van der Waals surface area contributed by atoms with E-state index >= 15 is 0 Å². The Labute approximate surface area is 161 Å². The number of hydrogen-bond donors (Lipinski definition) is 1. The number of carbonyl (C=O) groups excluding carboxylic acids is 1. The van der Waals surface area contributed by atoms with Gasteiger partial charge in [-0.25, -0.2) is 0 Å². The van der Waals surface area contributed by atoms with Gasteiger partial charge in [0.25, 0.3) is 10.1 Å². The molecule has 1 N–H and O–H groups in total. The normalized spacial score (nSPS) is 14.7. The fourth-order valence-corrected chi connectivity index (χ4v) is 4.75. The second-order valence-electron chi connectivity index (χ2n) is 6.37. The molecule has 1 aliphatic rings. The fraction of sp³-hybridized carbons (Fsp3) is 0.389. The van der Waals surface area contributed by atoms with Crippen LogP contribution in [0, 0.1) is 19.8 Å². The van der Waals surface area contributed by atoms with Crippen LogP contribution < -0.4 is 14.2 Å². The topological polar surface area (TPSA) is 99.1 Å². The Bertz CT molecular complexity index is 976. The number of aryl methyl sites for hydroxylation is 2. The Morgan fingerprint density at radius 1 is 1.26 bits per heavy atom. The van der Waals surface area contributed by atoms with Crippen LogP contribution in [0.25, 0.3) is 0 Å². The maximum Gasteiger partial charge on any atom is 0.314 e. The lowest BCUT2D eigenvalue weighted by atomic mass is 10.1. The van der Waals surface area contributed by atoms with Crippen molar-refractivity contribution in [3.05, 3.63) is 33.5 Å². The largest absolute Gasteiger partial charge is 0.485 e. The molecule has 7 nitrogen and oxygen atoms in total. The quantitative estimate of drug-likeness (QED) is 0.457. The number of fused-ring (bicyclic) bond motifs is 1. The predicted octanol–water partition coefficient (Wildman–Crippen LogP) is 3.17. The molecule has 1 atom stereocenters. The average molecular weight is 412 g/mol. The van der Waals surface area contributed by atoms with E-state index in [9.17, 15) is 13.2 Å². The van der Waals surface area contributed by atoms with Crippen LogP contribution in [0.4, 0.5) is 0 Å². The summed E-state index contributed by atoms with van der Waals surface area (Å²) in [7, 11) is -4.31. The van der Waals surface area contributed by atoms with Crippen molar-refractivity contribution in [2.75, 3.05) is 13.2 Å². The zero-order chi connectivity index (χ0) is 19.8. The van der Waals surface area contributed by atoms with Crippen LogP contribution in [0.1, 0.15) is 22.2 Å². The molecule has 9 heteroatoms. The molecule has 146 valence electrons. The molecule has 1 unspecified atom stereocenters. The van der Waals surface area contributed by atoms with Crippen molar-refractivity contribution in [3.63, 3.8) is 0 Å². The minimum atomic E-state index is -4.31. The lowest BCUT2D eigenvalue weighted by Gasteiger charge is -2.17. The number of thiophene rings is 1. The van der Waals surface area contributed by atoms with E-state index in [-0.39, 0.29) is 10.6 Å². The Morgan fingerprint density at radius 3 is 2.56 bits per heavy atom. The van der Waals surface area contributed by atoms with Crippen molar-refractivity contribution in [1.82, 2.24) is 0 Å². The molecular weight excluding hydrogens is 392 g/mol. The Morgan fingerprint density at radius 2 is 1.93 bits per heavy atom. The first-order valence-corrected chi connectivity index (χ1v) is 10.6. The molecule has 0 radical (unpaired) electrons. The number of ether oxygens (including phenoxy) is 3. The number of benzene rings is 1. The molecule has 0 fully saturated rings.